The molecule has 0 spiro atoms. The molecule has 1 saturated heterocycles. The first-order chi connectivity index (χ1) is 16.3. The Balaban J connectivity index is 1.33. The first-order valence-electron chi connectivity index (χ1n) is 11.5. The molecule has 0 aliphatic carbocycles. The van der Waals surface area contributed by atoms with Crippen LogP contribution in [-0.4, -0.2) is 46.7 Å². The Kier molecular flexibility index (Phi) is 4.98. The predicted molar refractivity (Wildman–Crippen MR) is 127 cm³/mol. The van der Waals surface area contributed by atoms with Gasteiger partial charge in [-0.05, 0) is 55.3 Å². The maximum Gasteiger partial charge on any atom is 0.254 e. The van der Waals surface area contributed by atoms with E-state index in [-0.39, 0.29) is 5.91 Å². The quantitative estimate of drug-likeness (QED) is 0.453. The van der Waals surface area contributed by atoms with Gasteiger partial charge < -0.3 is 18.9 Å². The van der Waals surface area contributed by atoms with Crippen molar-refractivity contribution in [2.75, 3.05) is 26.3 Å². The monoisotopic (exact) mass is 439 g/mol. The van der Waals surface area contributed by atoms with Gasteiger partial charge in [0.2, 0.25) is 0 Å². The van der Waals surface area contributed by atoms with E-state index in [1.165, 1.54) is 0 Å². The van der Waals surface area contributed by atoms with E-state index < -0.39 is 0 Å². The summed E-state index contributed by atoms with van der Waals surface area (Å²) in [6.45, 7) is 2.58. The number of carbonyl (C=O) groups is 1. The summed E-state index contributed by atoms with van der Waals surface area (Å²) >= 11 is 0. The number of nitrogens with zero attached hydrogens (tertiary/aromatic N) is 3. The third-order valence-corrected chi connectivity index (χ3v) is 6.59. The second kappa shape index (κ2) is 8.28. The number of hydrogen-bond acceptors (Lipinski definition) is 4. The number of benzene rings is 2. The molecular formula is C27H25N3O3. The molecule has 33 heavy (non-hydrogen) atoms. The molecule has 0 bridgehead atoms. The third kappa shape index (κ3) is 3.71. The van der Waals surface area contributed by atoms with E-state index in [0.717, 1.165) is 53.8 Å². The van der Waals surface area contributed by atoms with Gasteiger partial charge in [-0.3, -0.25) is 4.79 Å². The molecule has 6 heteroatoms. The molecule has 0 saturated carbocycles. The lowest BCUT2D eigenvalue weighted by Crippen LogP contribution is -2.39. The Bertz CT molecular complexity index is 1310. The minimum Gasteiger partial charge on any atom is -0.486 e. The molecule has 2 aliphatic heterocycles. The summed E-state index contributed by atoms with van der Waals surface area (Å²) in [6, 6.07) is 20.2. The van der Waals surface area contributed by atoms with Crippen molar-refractivity contribution in [1.82, 2.24) is 14.5 Å². The largest absolute Gasteiger partial charge is 0.486 e. The number of hydrogen-bond donors (Lipinski definition) is 0. The van der Waals surface area contributed by atoms with Crippen LogP contribution in [0.1, 0.15) is 29.2 Å². The molecule has 4 aromatic rings. The highest BCUT2D eigenvalue weighted by molar-refractivity contribution is 6.07. The first kappa shape index (κ1) is 19.9. The second-order valence-electron chi connectivity index (χ2n) is 8.58. The van der Waals surface area contributed by atoms with Gasteiger partial charge >= 0.3 is 0 Å². The molecule has 6 rings (SSSR count). The Morgan fingerprint density at radius 2 is 1.64 bits per heavy atom. The molecule has 1 fully saturated rings. The number of aromatic nitrogens is 2. The van der Waals surface area contributed by atoms with E-state index in [1.807, 2.05) is 53.4 Å². The van der Waals surface area contributed by atoms with E-state index in [0.29, 0.717) is 30.6 Å². The highest BCUT2D eigenvalue weighted by Gasteiger charge is 2.26. The summed E-state index contributed by atoms with van der Waals surface area (Å²) < 4.78 is 13.7. The summed E-state index contributed by atoms with van der Waals surface area (Å²) in [5.74, 6) is 1.53. The van der Waals surface area contributed by atoms with Crippen molar-refractivity contribution in [2.45, 2.75) is 18.9 Å². The molecule has 4 heterocycles. The average Bonchev–Trinajstić information content (AvgIpc) is 3.42. The molecule has 166 valence electrons. The lowest BCUT2D eigenvalue weighted by molar-refractivity contribution is 0.0696. The molecule has 0 N–H and O–H groups in total. The number of rotatable bonds is 3. The minimum atomic E-state index is 0.0679. The maximum absolute atomic E-state index is 13.7. The van der Waals surface area contributed by atoms with Crippen LogP contribution < -0.4 is 9.47 Å². The van der Waals surface area contributed by atoms with Crippen molar-refractivity contribution in [3.8, 4) is 22.8 Å². The fraction of sp³-hybridized carbons (Fsp3) is 0.259. The van der Waals surface area contributed by atoms with Gasteiger partial charge in [0.15, 0.2) is 11.5 Å². The van der Waals surface area contributed by atoms with Gasteiger partial charge in [-0.25, -0.2) is 4.98 Å². The Morgan fingerprint density at radius 1 is 0.879 bits per heavy atom. The lowest BCUT2D eigenvalue weighted by atomic mass is 10.00. The van der Waals surface area contributed by atoms with Gasteiger partial charge in [0.1, 0.15) is 13.2 Å². The summed E-state index contributed by atoms with van der Waals surface area (Å²) in [7, 11) is 0. The van der Waals surface area contributed by atoms with E-state index in [9.17, 15) is 4.79 Å². The van der Waals surface area contributed by atoms with Gasteiger partial charge in [-0.15, -0.1) is 0 Å². The number of likely N-dealkylation sites (tertiary alicyclic amines) is 1. The van der Waals surface area contributed by atoms with Gasteiger partial charge in [0, 0.05) is 42.5 Å². The SMILES string of the molecule is O=C(c1cc(-c2ccc3c(c2)OCCO3)nc2ccccc12)N1CCC(n2cccc2)CC1. The van der Waals surface area contributed by atoms with Crippen LogP contribution in [0.5, 0.6) is 11.5 Å². The zero-order valence-corrected chi connectivity index (χ0v) is 18.3. The molecular weight excluding hydrogens is 414 g/mol. The fourth-order valence-electron chi connectivity index (χ4n) is 4.83. The number of ether oxygens (including phenoxy) is 2. The van der Waals surface area contributed by atoms with Crippen molar-refractivity contribution in [3.05, 3.63) is 78.6 Å². The first-order valence-corrected chi connectivity index (χ1v) is 11.5. The van der Waals surface area contributed by atoms with Crippen LogP contribution in [0, 0.1) is 0 Å². The van der Waals surface area contributed by atoms with Gasteiger partial charge in [0.25, 0.3) is 5.91 Å². The summed E-state index contributed by atoms with van der Waals surface area (Å²) in [6.07, 6.45) is 6.13. The summed E-state index contributed by atoms with van der Waals surface area (Å²) in [5.41, 5.74) is 3.18. The molecule has 1 amide bonds. The van der Waals surface area contributed by atoms with E-state index in [4.69, 9.17) is 14.5 Å². The molecule has 2 aromatic carbocycles. The number of carbonyl (C=O) groups excluding carboxylic acids is 1. The second-order valence-corrected chi connectivity index (χ2v) is 8.58. The van der Waals surface area contributed by atoms with Crippen molar-refractivity contribution >= 4 is 16.8 Å². The van der Waals surface area contributed by atoms with Crippen molar-refractivity contribution in [1.29, 1.82) is 0 Å². The van der Waals surface area contributed by atoms with E-state index in [2.05, 4.69) is 29.1 Å². The van der Waals surface area contributed by atoms with E-state index in [1.54, 1.807) is 0 Å². The van der Waals surface area contributed by atoms with Crippen LogP contribution in [-0.2, 0) is 0 Å². The number of para-hydroxylation sites is 1. The number of piperidine rings is 1. The molecule has 2 aliphatic rings. The fourth-order valence-corrected chi connectivity index (χ4v) is 4.83. The standard InChI is InChI=1S/C27H25N3O3/c31-27(30-13-9-20(10-14-30)29-11-3-4-12-29)22-18-24(28-23-6-2-1-5-21(22)23)19-7-8-25-26(17-19)33-16-15-32-25/h1-8,11-12,17-18,20H,9-10,13-16H2. The van der Waals surface area contributed by atoms with Crippen molar-refractivity contribution in [2.24, 2.45) is 0 Å². The minimum absolute atomic E-state index is 0.0679. The Labute approximate surface area is 192 Å². The number of fused-ring (bicyclic) bond motifs is 2. The van der Waals surface area contributed by atoms with Crippen LogP contribution in [0.4, 0.5) is 0 Å². The predicted octanol–water partition coefficient (Wildman–Crippen LogP) is 4.95. The molecule has 6 nitrogen and oxygen atoms in total. The summed E-state index contributed by atoms with van der Waals surface area (Å²) in [4.78, 5) is 20.5. The van der Waals surface area contributed by atoms with Crippen LogP contribution in [0.15, 0.2) is 73.1 Å². The van der Waals surface area contributed by atoms with Crippen molar-refractivity contribution in [3.63, 3.8) is 0 Å². The van der Waals surface area contributed by atoms with Crippen LogP contribution in [0.2, 0.25) is 0 Å². The smallest absolute Gasteiger partial charge is 0.254 e. The van der Waals surface area contributed by atoms with Gasteiger partial charge in [0.05, 0.1) is 16.8 Å². The van der Waals surface area contributed by atoms with Crippen LogP contribution in [0.25, 0.3) is 22.2 Å². The normalized spacial score (nSPS) is 16.2. The number of pyridine rings is 1. The maximum atomic E-state index is 13.7. The average molecular weight is 440 g/mol. The highest BCUT2D eigenvalue weighted by Crippen LogP contribution is 2.35. The lowest BCUT2D eigenvalue weighted by Gasteiger charge is -2.33. The van der Waals surface area contributed by atoms with E-state index >= 15 is 0 Å². The number of amides is 1. The van der Waals surface area contributed by atoms with Gasteiger partial charge in [-0.1, -0.05) is 18.2 Å². The Morgan fingerprint density at radius 3 is 2.45 bits per heavy atom. The summed E-state index contributed by atoms with van der Waals surface area (Å²) in [5, 5.41) is 0.885. The highest BCUT2D eigenvalue weighted by atomic mass is 16.6. The molecule has 0 radical (unpaired) electrons. The zero-order chi connectivity index (χ0) is 22.2. The van der Waals surface area contributed by atoms with Gasteiger partial charge in [-0.2, -0.15) is 0 Å². The Hall–Kier alpha value is -3.80. The molecule has 0 unspecified atom stereocenters. The zero-order valence-electron chi connectivity index (χ0n) is 18.3. The van der Waals surface area contributed by atoms with Crippen LogP contribution >= 0.6 is 0 Å². The topological polar surface area (TPSA) is 56.6 Å². The molecule has 2 aromatic heterocycles. The molecule has 0 atom stereocenters. The van der Waals surface area contributed by atoms with Crippen LogP contribution in [0.3, 0.4) is 0 Å². The van der Waals surface area contributed by atoms with Crippen molar-refractivity contribution < 1.29 is 14.3 Å². The third-order valence-electron chi connectivity index (χ3n) is 6.59.